The highest BCUT2D eigenvalue weighted by Gasteiger charge is 2.36. The van der Waals surface area contributed by atoms with Crippen LogP contribution in [-0.2, 0) is 31.8 Å². The Hall–Kier alpha value is -2.23. The lowest BCUT2D eigenvalue weighted by Gasteiger charge is -2.25. The summed E-state index contributed by atoms with van der Waals surface area (Å²) in [6.45, 7) is 12.3. The summed E-state index contributed by atoms with van der Waals surface area (Å²) in [7, 11) is -3.71. The first kappa shape index (κ1) is 27.3. The van der Waals surface area contributed by atoms with E-state index in [1.54, 1.807) is 33.8 Å². The molecule has 3 heterocycles. The van der Waals surface area contributed by atoms with Gasteiger partial charge in [0.15, 0.2) is 5.79 Å². The molecule has 204 valence electrons. The highest BCUT2D eigenvalue weighted by Crippen LogP contribution is 2.41. The largest absolute Gasteiger partial charge is 0.488 e. The molecule has 2 atom stereocenters. The third-order valence-electron chi connectivity index (χ3n) is 7.66. The standard InChI is InChI=1S/C30H37NO5S2/c1-6-25-18-31(38(32,33)28-10-8-7-9-26(28)36-25)17-23-15-22(12-11-21(23)4)29(20(2)3)27-16-24(19-37-27)30(5)34-13-14-35-30/h7-12,15-16,19-20,25,29H,6,13-14,17-18H2,1-5H3/t25-,29?/m1/s1. The van der Waals surface area contributed by atoms with Crippen molar-refractivity contribution in [3.63, 3.8) is 0 Å². The average molecular weight is 556 g/mol. The number of fused-ring (bicyclic) bond motifs is 1. The normalized spacial score (nSPS) is 21.6. The molecule has 5 rings (SSSR count). The third-order valence-corrected chi connectivity index (χ3v) is 10.5. The maximum absolute atomic E-state index is 13.7. The maximum atomic E-state index is 13.7. The number of rotatable bonds is 7. The number of thiophene rings is 1. The van der Waals surface area contributed by atoms with Gasteiger partial charge in [-0.05, 0) is 66.5 Å². The number of ether oxygens (including phenoxy) is 3. The van der Waals surface area contributed by atoms with Crippen LogP contribution >= 0.6 is 11.3 Å². The highest BCUT2D eigenvalue weighted by molar-refractivity contribution is 7.89. The quantitative estimate of drug-likeness (QED) is 0.336. The molecule has 0 saturated carbocycles. The van der Waals surface area contributed by atoms with Gasteiger partial charge in [-0.15, -0.1) is 11.3 Å². The number of benzene rings is 2. The molecular formula is C30H37NO5S2. The summed E-state index contributed by atoms with van der Waals surface area (Å²) in [6, 6.07) is 15.6. The van der Waals surface area contributed by atoms with E-state index in [2.05, 4.69) is 50.4 Å². The van der Waals surface area contributed by atoms with Crippen molar-refractivity contribution in [1.29, 1.82) is 0 Å². The summed E-state index contributed by atoms with van der Waals surface area (Å²) in [5.74, 6) is 0.266. The van der Waals surface area contributed by atoms with Crippen LogP contribution in [-0.4, -0.2) is 38.6 Å². The summed E-state index contributed by atoms with van der Waals surface area (Å²) in [4.78, 5) is 1.49. The second-order valence-electron chi connectivity index (χ2n) is 10.7. The second-order valence-corrected chi connectivity index (χ2v) is 13.5. The molecule has 0 spiro atoms. The van der Waals surface area contributed by atoms with Gasteiger partial charge >= 0.3 is 0 Å². The van der Waals surface area contributed by atoms with E-state index in [0.717, 1.165) is 23.1 Å². The second kappa shape index (κ2) is 10.7. The van der Waals surface area contributed by atoms with E-state index in [9.17, 15) is 8.42 Å². The molecule has 6 nitrogen and oxygen atoms in total. The van der Waals surface area contributed by atoms with E-state index in [1.807, 2.05) is 19.9 Å². The van der Waals surface area contributed by atoms with E-state index in [1.165, 1.54) is 10.4 Å². The molecule has 1 saturated heterocycles. The predicted octanol–water partition coefficient (Wildman–Crippen LogP) is 6.43. The Bertz CT molecular complexity index is 1390. The zero-order valence-corrected chi connectivity index (χ0v) is 24.4. The molecule has 0 aliphatic carbocycles. The van der Waals surface area contributed by atoms with Crippen molar-refractivity contribution >= 4 is 21.4 Å². The lowest BCUT2D eigenvalue weighted by molar-refractivity contribution is -0.149. The van der Waals surface area contributed by atoms with E-state index in [4.69, 9.17) is 14.2 Å². The minimum atomic E-state index is -3.71. The number of aryl methyl sites for hydroxylation is 1. The topological polar surface area (TPSA) is 65.1 Å². The van der Waals surface area contributed by atoms with Crippen LogP contribution in [0.4, 0.5) is 0 Å². The molecule has 0 amide bonds. The van der Waals surface area contributed by atoms with E-state index < -0.39 is 15.8 Å². The first-order valence-electron chi connectivity index (χ1n) is 13.3. The maximum Gasteiger partial charge on any atom is 0.247 e. The van der Waals surface area contributed by atoms with Gasteiger partial charge in [-0.3, -0.25) is 0 Å². The minimum absolute atomic E-state index is 0.172. The molecule has 0 bridgehead atoms. The van der Waals surface area contributed by atoms with Gasteiger partial charge in [-0.1, -0.05) is 51.1 Å². The minimum Gasteiger partial charge on any atom is -0.488 e. The summed E-state index contributed by atoms with van der Waals surface area (Å²) in [6.07, 6.45) is 0.522. The Morgan fingerprint density at radius 3 is 2.55 bits per heavy atom. The number of hydrogen-bond acceptors (Lipinski definition) is 6. The lowest BCUT2D eigenvalue weighted by Crippen LogP contribution is -2.36. The van der Waals surface area contributed by atoms with Gasteiger partial charge in [0.05, 0.1) is 19.8 Å². The van der Waals surface area contributed by atoms with Crippen LogP contribution in [0.25, 0.3) is 0 Å². The number of para-hydroxylation sites is 1. The highest BCUT2D eigenvalue weighted by atomic mass is 32.2. The number of sulfonamides is 1. The third kappa shape index (κ3) is 5.17. The van der Waals surface area contributed by atoms with Gasteiger partial charge in [0.1, 0.15) is 16.7 Å². The summed E-state index contributed by atoms with van der Waals surface area (Å²) in [5, 5.41) is 2.14. The Kier molecular flexibility index (Phi) is 7.73. The van der Waals surface area contributed by atoms with Crippen LogP contribution in [0.15, 0.2) is 58.8 Å². The fourth-order valence-electron chi connectivity index (χ4n) is 5.36. The monoisotopic (exact) mass is 555 g/mol. The van der Waals surface area contributed by atoms with Crippen molar-refractivity contribution in [2.75, 3.05) is 19.8 Å². The first-order valence-corrected chi connectivity index (χ1v) is 15.7. The van der Waals surface area contributed by atoms with E-state index in [-0.39, 0.29) is 16.9 Å². The zero-order valence-electron chi connectivity index (χ0n) is 22.8. The SMILES string of the molecule is CC[C@@H]1CN(Cc2cc(C(c3cc(C4(C)OCCO4)cs3)C(C)C)ccc2C)S(=O)(=O)c2ccccc2O1. The van der Waals surface area contributed by atoms with Crippen molar-refractivity contribution in [2.24, 2.45) is 5.92 Å². The van der Waals surface area contributed by atoms with Crippen molar-refractivity contribution in [3.05, 3.63) is 81.0 Å². The summed E-state index contributed by atoms with van der Waals surface area (Å²) >= 11 is 1.73. The lowest BCUT2D eigenvalue weighted by atomic mass is 9.85. The molecule has 2 aromatic carbocycles. The number of nitrogens with zero attached hydrogens (tertiary/aromatic N) is 1. The van der Waals surface area contributed by atoms with E-state index in [0.29, 0.717) is 38.0 Å². The van der Waals surface area contributed by atoms with Crippen molar-refractivity contribution in [3.8, 4) is 5.75 Å². The molecule has 8 heteroatoms. The van der Waals surface area contributed by atoms with Gasteiger partial charge in [0.2, 0.25) is 10.0 Å². The van der Waals surface area contributed by atoms with Crippen LogP contribution in [0.2, 0.25) is 0 Å². The summed E-state index contributed by atoms with van der Waals surface area (Å²) in [5.41, 5.74) is 4.32. The molecule has 0 N–H and O–H groups in total. The molecule has 2 aliphatic heterocycles. The van der Waals surface area contributed by atoms with E-state index >= 15 is 0 Å². The smallest absolute Gasteiger partial charge is 0.247 e. The van der Waals surface area contributed by atoms with Crippen LogP contribution < -0.4 is 4.74 Å². The molecule has 38 heavy (non-hydrogen) atoms. The van der Waals surface area contributed by atoms with Crippen molar-refractivity contribution in [2.45, 2.75) is 70.3 Å². The fraction of sp³-hybridized carbons (Fsp3) is 0.467. The Labute approximate surface area is 230 Å². The van der Waals surface area contributed by atoms with Crippen LogP contribution in [0.1, 0.15) is 67.2 Å². The number of hydrogen-bond donors (Lipinski definition) is 0. The molecule has 1 fully saturated rings. The fourth-order valence-corrected chi connectivity index (χ4v) is 8.23. The van der Waals surface area contributed by atoms with Gasteiger partial charge in [-0.2, -0.15) is 4.31 Å². The van der Waals surface area contributed by atoms with Crippen molar-refractivity contribution < 1.29 is 22.6 Å². The average Bonchev–Trinajstić information content (AvgIpc) is 3.53. The zero-order chi connectivity index (χ0) is 27.1. The van der Waals surface area contributed by atoms with Gasteiger partial charge in [-0.25, -0.2) is 8.42 Å². The van der Waals surface area contributed by atoms with Crippen molar-refractivity contribution in [1.82, 2.24) is 4.31 Å². The van der Waals surface area contributed by atoms with Crippen LogP contribution in [0.5, 0.6) is 5.75 Å². The molecule has 1 unspecified atom stereocenters. The summed E-state index contributed by atoms with van der Waals surface area (Å²) < 4.78 is 46.9. The Morgan fingerprint density at radius 2 is 1.84 bits per heavy atom. The van der Waals surface area contributed by atoms with Gasteiger partial charge < -0.3 is 14.2 Å². The van der Waals surface area contributed by atoms with Gasteiger partial charge in [0.25, 0.3) is 0 Å². The molecule has 2 aliphatic rings. The predicted molar refractivity (Wildman–Crippen MR) is 150 cm³/mol. The Balaban J connectivity index is 1.48. The van der Waals surface area contributed by atoms with Gasteiger partial charge in [0, 0.05) is 22.9 Å². The molecule has 1 aromatic heterocycles. The molecule has 3 aromatic rings. The molecular weight excluding hydrogens is 518 g/mol. The Morgan fingerprint density at radius 1 is 1.11 bits per heavy atom. The molecule has 0 radical (unpaired) electrons. The first-order chi connectivity index (χ1) is 18.1. The van der Waals surface area contributed by atoms with Crippen LogP contribution in [0, 0.1) is 12.8 Å². The van der Waals surface area contributed by atoms with Crippen LogP contribution in [0.3, 0.4) is 0 Å².